The van der Waals surface area contributed by atoms with Crippen molar-refractivity contribution in [2.75, 3.05) is 9.71 Å². The number of hydrogen-bond acceptors (Lipinski definition) is 3. The zero-order valence-electron chi connectivity index (χ0n) is 53.1. The van der Waals surface area contributed by atoms with E-state index < -0.39 is 0 Å². The monoisotopic (exact) mass is 1120 g/mol. The Bertz CT molecular complexity index is 4170. The second-order valence-corrected chi connectivity index (χ2v) is 31.7. The SMILES string of the molecule is Cc1cc2c3c(c1)N(c1ccc(C(C)(C)C)cc1-c1ccccc1)c1cc(C(c4ccc(C(C)(C)C)cc4)c4ccc(C(C)(C)C)cc4)ccc1B3N(c1ccc(C(C)(C)C)cc1)c1c-2ccc2sc3cc4c(cc3c12)C(C)(C)CCC4(C)C. The average molecular weight is 1120 g/mol. The van der Waals surface area contributed by atoms with Crippen molar-refractivity contribution in [2.45, 2.75) is 169 Å². The highest BCUT2D eigenvalue weighted by Gasteiger charge is 2.47. The van der Waals surface area contributed by atoms with Gasteiger partial charge in [0.2, 0.25) is 0 Å². The lowest BCUT2D eigenvalue weighted by Gasteiger charge is -2.47. The van der Waals surface area contributed by atoms with Crippen LogP contribution in [0.5, 0.6) is 0 Å². The van der Waals surface area contributed by atoms with Gasteiger partial charge in [-0.3, -0.25) is 0 Å². The van der Waals surface area contributed by atoms with Gasteiger partial charge in [0, 0.05) is 60.0 Å². The molecule has 0 saturated carbocycles. The molecule has 1 aromatic heterocycles. The first kappa shape index (κ1) is 56.0. The normalized spacial score (nSPS) is 15.6. The van der Waals surface area contributed by atoms with Crippen LogP contribution >= 0.6 is 11.3 Å². The summed E-state index contributed by atoms with van der Waals surface area (Å²) in [5.74, 6) is -0.0309. The maximum atomic E-state index is 2.79. The summed E-state index contributed by atoms with van der Waals surface area (Å²) in [7, 11) is 0. The first-order valence-electron chi connectivity index (χ1n) is 31.0. The van der Waals surface area contributed by atoms with Crippen LogP contribution in [0.4, 0.5) is 28.4 Å². The Kier molecular flexibility index (Phi) is 13.0. The van der Waals surface area contributed by atoms with Crippen LogP contribution in [-0.4, -0.2) is 6.85 Å². The lowest BCUT2D eigenvalue weighted by Crippen LogP contribution is -2.61. The third-order valence-electron chi connectivity index (χ3n) is 19.5. The zero-order chi connectivity index (χ0) is 59.4. The Morgan fingerprint density at radius 2 is 0.988 bits per heavy atom. The van der Waals surface area contributed by atoms with Crippen LogP contribution in [0.15, 0.2) is 176 Å². The Hall–Kier alpha value is -7.14. The zero-order valence-corrected chi connectivity index (χ0v) is 53.9. The summed E-state index contributed by atoms with van der Waals surface area (Å²) in [5.41, 5.74) is 27.5. The van der Waals surface area contributed by atoms with Gasteiger partial charge in [-0.15, -0.1) is 11.3 Å². The van der Waals surface area contributed by atoms with Crippen molar-refractivity contribution in [2.24, 2.45) is 0 Å². The summed E-state index contributed by atoms with van der Waals surface area (Å²) in [6.07, 6.45) is 2.37. The molecule has 1 aliphatic carbocycles. The molecule has 3 heterocycles. The van der Waals surface area contributed by atoms with Crippen LogP contribution in [0.1, 0.15) is 185 Å². The fourth-order valence-corrected chi connectivity index (χ4v) is 15.5. The summed E-state index contributed by atoms with van der Waals surface area (Å²) in [6.45, 7) is 40.0. The van der Waals surface area contributed by atoms with Crippen molar-refractivity contribution in [1.29, 1.82) is 0 Å². The lowest BCUT2D eigenvalue weighted by atomic mass is 9.43. The van der Waals surface area contributed by atoms with Crippen molar-refractivity contribution < 1.29 is 0 Å². The van der Waals surface area contributed by atoms with E-state index in [1.165, 1.54) is 150 Å². The Morgan fingerprint density at radius 3 is 1.56 bits per heavy atom. The summed E-state index contributed by atoms with van der Waals surface area (Å²) in [4.78, 5) is 5.47. The van der Waals surface area contributed by atoms with Gasteiger partial charge in [0.25, 0.3) is 0 Å². The van der Waals surface area contributed by atoms with E-state index in [4.69, 9.17) is 0 Å². The molecule has 424 valence electrons. The Labute approximate surface area is 507 Å². The van der Waals surface area contributed by atoms with Gasteiger partial charge < -0.3 is 9.71 Å². The quantitative estimate of drug-likeness (QED) is 0.121. The fourth-order valence-electron chi connectivity index (χ4n) is 14.3. The molecule has 0 unspecified atom stereocenters. The number of fused-ring (bicyclic) bond motifs is 9. The molecule has 0 fully saturated rings. The van der Waals surface area contributed by atoms with Crippen LogP contribution in [0.2, 0.25) is 0 Å². The summed E-state index contributed by atoms with van der Waals surface area (Å²) in [5, 5.41) is 2.74. The van der Waals surface area contributed by atoms with Crippen LogP contribution in [0, 0.1) is 6.92 Å². The first-order chi connectivity index (χ1) is 39.6. The van der Waals surface area contributed by atoms with E-state index in [1.54, 1.807) is 0 Å². The lowest BCUT2D eigenvalue weighted by molar-refractivity contribution is 0.332. The number of aryl methyl sites for hydroxylation is 1. The van der Waals surface area contributed by atoms with Crippen molar-refractivity contribution in [3.8, 4) is 22.3 Å². The molecular weight excluding hydrogens is 1030 g/mol. The molecule has 0 bridgehead atoms. The van der Waals surface area contributed by atoms with Crippen molar-refractivity contribution in [1.82, 2.24) is 0 Å². The van der Waals surface area contributed by atoms with Gasteiger partial charge >= 0.3 is 6.85 Å². The predicted octanol–water partition coefficient (Wildman–Crippen LogP) is 21.5. The highest BCUT2D eigenvalue weighted by molar-refractivity contribution is 7.26. The van der Waals surface area contributed by atoms with Crippen molar-refractivity contribution >= 4 is 77.7 Å². The van der Waals surface area contributed by atoms with Crippen LogP contribution < -0.4 is 20.6 Å². The second kappa shape index (κ2) is 19.4. The van der Waals surface area contributed by atoms with E-state index in [0.717, 1.165) is 0 Å². The van der Waals surface area contributed by atoms with E-state index in [1.807, 2.05) is 11.3 Å². The highest BCUT2D eigenvalue weighted by Crippen LogP contribution is 2.56. The smallest absolute Gasteiger partial charge is 0.333 e. The third kappa shape index (κ3) is 9.36. The number of thiophene rings is 1. The van der Waals surface area contributed by atoms with Crippen LogP contribution in [0.3, 0.4) is 0 Å². The summed E-state index contributed by atoms with van der Waals surface area (Å²) >= 11 is 1.98. The van der Waals surface area contributed by atoms with E-state index in [9.17, 15) is 0 Å². The number of rotatable bonds is 6. The molecule has 0 spiro atoms. The molecule has 3 aliphatic rings. The van der Waals surface area contributed by atoms with Gasteiger partial charge in [-0.05, 0) is 185 Å². The maximum Gasteiger partial charge on any atom is 0.333 e. The van der Waals surface area contributed by atoms with E-state index in [2.05, 4.69) is 303 Å². The molecule has 0 radical (unpaired) electrons. The number of nitrogens with zero attached hydrogens (tertiary/aromatic N) is 2. The molecule has 0 amide bonds. The number of hydrogen-bond donors (Lipinski definition) is 0. The van der Waals surface area contributed by atoms with Gasteiger partial charge in [-0.1, -0.05) is 232 Å². The molecule has 0 N–H and O–H groups in total. The molecule has 10 aromatic rings. The van der Waals surface area contributed by atoms with Gasteiger partial charge in [0.15, 0.2) is 0 Å². The molecule has 0 saturated heterocycles. The van der Waals surface area contributed by atoms with Crippen molar-refractivity contribution in [3.63, 3.8) is 0 Å². The van der Waals surface area contributed by atoms with Crippen molar-refractivity contribution in [3.05, 3.63) is 232 Å². The van der Waals surface area contributed by atoms with Gasteiger partial charge in [0.1, 0.15) is 0 Å². The molecule has 0 atom stereocenters. The Balaban J connectivity index is 1.15. The third-order valence-corrected chi connectivity index (χ3v) is 20.6. The van der Waals surface area contributed by atoms with Crippen LogP contribution in [-0.2, 0) is 32.5 Å². The molecule has 84 heavy (non-hydrogen) atoms. The average Bonchev–Trinajstić information content (AvgIpc) is 2.13. The summed E-state index contributed by atoms with van der Waals surface area (Å²) < 4.78 is 2.72. The number of benzene rings is 9. The first-order valence-corrected chi connectivity index (χ1v) is 31.8. The van der Waals surface area contributed by atoms with Gasteiger partial charge in [0.05, 0.1) is 5.69 Å². The standard InChI is InChI=1S/C80H85BN2S/c1-49-43-61-59-37-40-69-72(62-47-63-64(48-70(62)84-69)80(16,17)42-41-79(63,14)15)74(59)83(58-35-32-56(33-36-58)77(8,9)10)81-65-38-27-53(71(51-23-28-54(29-24-51)75(2,3)4)52-25-30-55(31-26-52)76(5,6)7)45-67(65)82(68(44-49)73(61)81)66-39-34-57(78(11,12)13)46-60(66)50-21-19-18-20-22-50/h18-40,43-48,71H,41-42H2,1-17H3. The molecule has 13 rings (SSSR count). The summed E-state index contributed by atoms with van der Waals surface area (Å²) in [6, 6.07) is 70.0. The van der Waals surface area contributed by atoms with Crippen LogP contribution in [0.25, 0.3) is 42.4 Å². The largest absolute Gasteiger partial charge is 0.376 e. The minimum atomic E-state index is -0.165. The van der Waals surface area contributed by atoms with Gasteiger partial charge in [-0.25, -0.2) is 0 Å². The second-order valence-electron chi connectivity index (χ2n) is 30.6. The molecular formula is C80H85BN2S. The van der Waals surface area contributed by atoms with E-state index >= 15 is 0 Å². The molecule has 4 heteroatoms. The fraction of sp³-hybridized carbons (Fsp3) is 0.325. The van der Waals surface area contributed by atoms with E-state index in [-0.39, 0.29) is 45.3 Å². The predicted molar refractivity (Wildman–Crippen MR) is 367 cm³/mol. The minimum absolute atomic E-state index is 0.00383. The highest BCUT2D eigenvalue weighted by atomic mass is 32.1. The molecule has 2 aliphatic heterocycles. The Morgan fingerprint density at radius 1 is 0.452 bits per heavy atom. The molecule has 2 nitrogen and oxygen atoms in total. The topological polar surface area (TPSA) is 6.48 Å². The van der Waals surface area contributed by atoms with E-state index in [0.29, 0.717) is 0 Å². The molecule has 9 aromatic carbocycles. The van der Waals surface area contributed by atoms with Gasteiger partial charge in [-0.2, -0.15) is 0 Å². The maximum absolute atomic E-state index is 2.79. The minimum Gasteiger partial charge on any atom is -0.376 e. The number of anilines is 5.